The standard InChI is InChI=1S/C12H15N3O4S/c1-9(2)7-15(8-12(16)17)20(18,19)11-3-10(4-13)5-14-6-11/h3,5-6,9H,7-8H2,1-2H3,(H,16,17). The summed E-state index contributed by atoms with van der Waals surface area (Å²) in [5, 5.41) is 17.6. The third-order valence-corrected chi connectivity index (χ3v) is 4.14. The van der Waals surface area contributed by atoms with E-state index in [0.717, 1.165) is 10.5 Å². The van der Waals surface area contributed by atoms with Gasteiger partial charge in [-0.25, -0.2) is 8.42 Å². The quantitative estimate of drug-likeness (QED) is 0.826. The number of rotatable bonds is 6. The maximum Gasteiger partial charge on any atom is 0.318 e. The van der Waals surface area contributed by atoms with Crippen LogP contribution in [0.1, 0.15) is 19.4 Å². The Balaban J connectivity index is 3.21. The number of carboxylic acid groups (broad SMARTS) is 1. The number of carboxylic acids is 1. The highest BCUT2D eigenvalue weighted by Gasteiger charge is 2.27. The van der Waals surface area contributed by atoms with Crippen LogP contribution in [0, 0.1) is 17.2 Å². The number of hydrogen-bond acceptors (Lipinski definition) is 5. The van der Waals surface area contributed by atoms with Crippen molar-refractivity contribution in [2.75, 3.05) is 13.1 Å². The Morgan fingerprint density at radius 3 is 2.65 bits per heavy atom. The number of nitrogens with zero attached hydrogens (tertiary/aromatic N) is 3. The molecule has 108 valence electrons. The molecule has 0 amide bonds. The molecular formula is C12H15N3O4S. The fourth-order valence-corrected chi connectivity index (χ4v) is 3.12. The van der Waals surface area contributed by atoms with Crippen LogP contribution in [0.4, 0.5) is 0 Å². The van der Waals surface area contributed by atoms with Crippen molar-refractivity contribution in [3.8, 4) is 6.07 Å². The van der Waals surface area contributed by atoms with Crippen LogP contribution in [0.2, 0.25) is 0 Å². The van der Waals surface area contributed by atoms with Gasteiger partial charge >= 0.3 is 5.97 Å². The number of carbonyl (C=O) groups is 1. The molecule has 0 radical (unpaired) electrons. The molecule has 0 bridgehead atoms. The van der Waals surface area contributed by atoms with Gasteiger partial charge in [-0.3, -0.25) is 9.78 Å². The fourth-order valence-electron chi connectivity index (χ4n) is 1.58. The van der Waals surface area contributed by atoms with Gasteiger partial charge in [0.25, 0.3) is 0 Å². The van der Waals surface area contributed by atoms with E-state index in [1.165, 1.54) is 12.3 Å². The van der Waals surface area contributed by atoms with Crippen molar-refractivity contribution in [1.82, 2.24) is 9.29 Å². The van der Waals surface area contributed by atoms with Crippen molar-refractivity contribution >= 4 is 16.0 Å². The Labute approximate surface area is 117 Å². The normalized spacial score (nSPS) is 11.6. The largest absolute Gasteiger partial charge is 0.480 e. The van der Waals surface area contributed by atoms with Gasteiger partial charge in [0.15, 0.2) is 0 Å². The third kappa shape index (κ3) is 4.01. The molecule has 1 aromatic rings. The van der Waals surface area contributed by atoms with Gasteiger partial charge in [0, 0.05) is 18.9 Å². The van der Waals surface area contributed by atoms with Gasteiger partial charge in [-0.2, -0.15) is 9.57 Å². The highest BCUT2D eigenvalue weighted by Crippen LogP contribution is 2.17. The summed E-state index contributed by atoms with van der Waals surface area (Å²) in [6.45, 7) is 3.02. The van der Waals surface area contributed by atoms with Gasteiger partial charge in [0.2, 0.25) is 10.0 Å². The van der Waals surface area contributed by atoms with Crippen molar-refractivity contribution in [2.45, 2.75) is 18.7 Å². The number of aliphatic carboxylic acids is 1. The Kier molecular flexibility index (Phi) is 5.19. The molecule has 0 fully saturated rings. The summed E-state index contributed by atoms with van der Waals surface area (Å²) in [6, 6.07) is 2.98. The van der Waals surface area contributed by atoms with E-state index >= 15 is 0 Å². The maximum atomic E-state index is 12.4. The minimum atomic E-state index is -3.98. The van der Waals surface area contributed by atoms with Crippen LogP contribution in [0.5, 0.6) is 0 Å². The number of sulfonamides is 1. The molecule has 0 aromatic carbocycles. The first kappa shape index (κ1) is 16.1. The lowest BCUT2D eigenvalue weighted by molar-refractivity contribution is -0.137. The van der Waals surface area contributed by atoms with Gasteiger partial charge in [0.05, 0.1) is 5.56 Å². The lowest BCUT2D eigenvalue weighted by atomic mass is 10.2. The number of pyridine rings is 1. The average Bonchev–Trinajstić information content (AvgIpc) is 2.37. The Morgan fingerprint density at radius 2 is 2.15 bits per heavy atom. The maximum absolute atomic E-state index is 12.4. The first-order chi connectivity index (χ1) is 9.27. The van der Waals surface area contributed by atoms with Crippen LogP contribution in [0.3, 0.4) is 0 Å². The number of nitriles is 1. The minimum absolute atomic E-state index is 0.0313. The molecule has 0 saturated carbocycles. The minimum Gasteiger partial charge on any atom is -0.480 e. The summed E-state index contributed by atoms with van der Waals surface area (Å²) in [7, 11) is -3.98. The van der Waals surface area contributed by atoms with Crippen molar-refractivity contribution in [2.24, 2.45) is 5.92 Å². The topological polar surface area (TPSA) is 111 Å². The van der Waals surface area contributed by atoms with E-state index in [4.69, 9.17) is 10.4 Å². The molecule has 0 aliphatic carbocycles. The number of aromatic nitrogens is 1. The molecule has 1 aromatic heterocycles. The van der Waals surface area contributed by atoms with E-state index in [2.05, 4.69) is 4.98 Å². The predicted octanol–water partition coefficient (Wildman–Crippen LogP) is 0.685. The fraction of sp³-hybridized carbons (Fsp3) is 0.417. The van der Waals surface area contributed by atoms with Crippen molar-refractivity contribution in [3.05, 3.63) is 24.0 Å². The molecule has 0 spiro atoms. The molecule has 8 heteroatoms. The molecule has 1 N–H and O–H groups in total. The summed E-state index contributed by atoms with van der Waals surface area (Å²) >= 11 is 0. The van der Waals surface area contributed by atoms with Crippen LogP contribution in [0.15, 0.2) is 23.4 Å². The molecular weight excluding hydrogens is 282 g/mol. The number of hydrogen-bond donors (Lipinski definition) is 1. The van der Waals surface area contributed by atoms with Gasteiger partial charge in [-0.05, 0) is 12.0 Å². The van der Waals surface area contributed by atoms with E-state index in [9.17, 15) is 13.2 Å². The second-order valence-corrected chi connectivity index (χ2v) is 6.54. The van der Waals surface area contributed by atoms with Gasteiger partial charge in [-0.15, -0.1) is 0 Å². The summed E-state index contributed by atoms with van der Waals surface area (Å²) in [4.78, 5) is 14.3. The highest BCUT2D eigenvalue weighted by atomic mass is 32.2. The summed E-state index contributed by atoms with van der Waals surface area (Å²) in [5.41, 5.74) is 0.103. The van der Waals surface area contributed by atoms with Crippen LogP contribution in [-0.4, -0.2) is 41.9 Å². The molecule has 0 aliphatic heterocycles. The summed E-state index contributed by atoms with van der Waals surface area (Å²) in [6.07, 6.45) is 2.34. The first-order valence-corrected chi connectivity index (χ1v) is 7.28. The zero-order valence-electron chi connectivity index (χ0n) is 11.1. The molecule has 0 atom stereocenters. The van der Waals surface area contributed by atoms with E-state index in [-0.39, 0.29) is 22.9 Å². The summed E-state index contributed by atoms with van der Waals surface area (Å²) in [5.74, 6) is -1.27. The first-order valence-electron chi connectivity index (χ1n) is 5.84. The molecule has 0 unspecified atom stereocenters. The lowest BCUT2D eigenvalue weighted by Gasteiger charge is -2.22. The van der Waals surface area contributed by atoms with E-state index in [0.29, 0.717) is 0 Å². The molecule has 0 saturated heterocycles. The zero-order valence-corrected chi connectivity index (χ0v) is 12.0. The lowest BCUT2D eigenvalue weighted by Crippen LogP contribution is -2.38. The Morgan fingerprint density at radius 1 is 1.50 bits per heavy atom. The average molecular weight is 297 g/mol. The highest BCUT2D eigenvalue weighted by molar-refractivity contribution is 7.89. The predicted molar refractivity (Wildman–Crippen MR) is 70.2 cm³/mol. The van der Waals surface area contributed by atoms with E-state index in [1.807, 2.05) is 0 Å². The zero-order chi connectivity index (χ0) is 15.3. The third-order valence-electron chi connectivity index (χ3n) is 2.36. The molecule has 1 rings (SSSR count). The molecule has 7 nitrogen and oxygen atoms in total. The molecule has 20 heavy (non-hydrogen) atoms. The van der Waals surface area contributed by atoms with Gasteiger partial charge in [0.1, 0.15) is 17.5 Å². The molecule has 1 heterocycles. The van der Waals surface area contributed by atoms with Gasteiger partial charge in [-0.1, -0.05) is 13.8 Å². The van der Waals surface area contributed by atoms with Crippen LogP contribution in [-0.2, 0) is 14.8 Å². The van der Waals surface area contributed by atoms with Crippen molar-refractivity contribution in [3.63, 3.8) is 0 Å². The molecule has 0 aliphatic rings. The second kappa shape index (κ2) is 6.45. The van der Waals surface area contributed by atoms with Crippen LogP contribution in [0.25, 0.3) is 0 Å². The van der Waals surface area contributed by atoms with Crippen LogP contribution < -0.4 is 0 Å². The summed E-state index contributed by atoms with van der Waals surface area (Å²) < 4.78 is 25.6. The monoisotopic (exact) mass is 297 g/mol. The SMILES string of the molecule is CC(C)CN(CC(=O)O)S(=O)(=O)c1cncc(C#N)c1. The smallest absolute Gasteiger partial charge is 0.318 e. The Hall–Kier alpha value is -1.98. The van der Waals surface area contributed by atoms with Crippen LogP contribution >= 0.6 is 0 Å². The van der Waals surface area contributed by atoms with E-state index < -0.39 is 22.5 Å². The van der Waals surface area contributed by atoms with E-state index in [1.54, 1.807) is 19.9 Å². The van der Waals surface area contributed by atoms with Crippen molar-refractivity contribution in [1.29, 1.82) is 5.26 Å². The Bertz CT molecular complexity index is 634. The second-order valence-electron chi connectivity index (χ2n) is 4.61. The van der Waals surface area contributed by atoms with Gasteiger partial charge < -0.3 is 5.11 Å². The van der Waals surface area contributed by atoms with Crippen molar-refractivity contribution < 1.29 is 18.3 Å².